The van der Waals surface area contributed by atoms with E-state index in [2.05, 4.69) is 9.97 Å². The molecule has 0 amide bonds. The number of aromatic nitrogens is 2. The molecule has 0 atom stereocenters. The molecule has 2 heterocycles. The highest BCUT2D eigenvalue weighted by Gasteiger charge is 2.29. The standard InChI is InChI=1S/C10H7F3N2S/c11-10(12,13)5-9-15-8(6-16-9)7-1-3-14-4-2-7/h1-4,6H,5H2. The number of hydrogen-bond acceptors (Lipinski definition) is 3. The van der Waals surface area contributed by atoms with E-state index in [0.717, 1.165) is 16.9 Å². The van der Waals surface area contributed by atoms with Crippen LogP contribution in [0, 0.1) is 0 Å². The fourth-order valence-electron chi connectivity index (χ4n) is 1.22. The predicted octanol–water partition coefficient (Wildman–Crippen LogP) is 3.31. The van der Waals surface area contributed by atoms with Gasteiger partial charge in [-0.2, -0.15) is 13.2 Å². The first-order valence-electron chi connectivity index (χ1n) is 4.46. The number of rotatable bonds is 2. The summed E-state index contributed by atoms with van der Waals surface area (Å²) in [5, 5.41) is 1.70. The molecular weight excluding hydrogens is 237 g/mol. The smallest absolute Gasteiger partial charge is 0.265 e. The molecule has 84 valence electrons. The second-order valence-electron chi connectivity index (χ2n) is 3.15. The Bertz CT molecular complexity index is 464. The van der Waals surface area contributed by atoms with Gasteiger partial charge in [-0.25, -0.2) is 4.98 Å². The average molecular weight is 244 g/mol. The lowest BCUT2D eigenvalue weighted by Crippen LogP contribution is -2.11. The van der Waals surface area contributed by atoms with Crippen LogP contribution in [0.2, 0.25) is 0 Å². The van der Waals surface area contributed by atoms with Crippen molar-refractivity contribution in [3.63, 3.8) is 0 Å². The summed E-state index contributed by atoms with van der Waals surface area (Å²) in [5.74, 6) is 0. The van der Waals surface area contributed by atoms with Crippen LogP contribution >= 0.6 is 11.3 Å². The van der Waals surface area contributed by atoms with Gasteiger partial charge < -0.3 is 0 Å². The molecule has 2 rings (SSSR count). The summed E-state index contributed by atoms with van der Waals surface area (Å²) in [4.78, 5) is 7.77. The Labute approximate surface area is 93.8 Å². The van der Waals surface area contributed by atoms with Gasteiger partial charge >= 0.3 is 6.18 Å². The Morgan fingerprint density at radius 3 is 2.50 bits per heavy atom. The van der Waals surface area contributed by atoms with Crippen molar-refractivity contribution in [2.75, 3.05) is 0 Å². The predicted molar refractivity (Wildman–Crippen MR) is 55.1 cm³/mol. The Hall–Kier alpha value is -1.43. The van der Waals surface area contributed by atoms with Gasteiger partial charge in [0.25, 0.3) is 0 Å². The van der Waals surface area contributed by atoms with Gasteiger partial charge in [-0.05, 0) is 12.1 Å². The fraction of sp³-hybridized carbons (Fsp3) is 0.200. The van der Waals surface area contributed by atoms with E-state index in [9.17, 15) is 13.2 Å². The minimum atomic E-state index is -4.20. The van der Waals surface area contributed by atoms with Crippen molar-refractivity contribution >= 4 is 11.3 Å². The first-order chi connectivity index (χ1) is 7.54. The van der Waals surface area contributed by atoms with Crippen LogP contribution < -0.4 is 0 Å². The van der Waals surface area contributed by atoms with Gasteiger partial charge in [0.15, 0.2) is 0 Å². The SMILES string of the molecule is FC(F)(F)Cc1nc(-c2ccncc2)cs1. The highest BCUT2D eigenvalue weighted by atomic mass is 32.1. The highest BCUT2D eigenvalue weighted by molar-refractivity contribution is 7.09. The minimum absolute atomic E-state index is 0.0827. The van der Waals surface area contributed by atoms with E-state index in [1.54, 1.807) is 29.9 Å². The lowest BCUT2D eigenvalue weighted by atomic mass is 10.2. The van der Waals surface area contributed by atoms with Crippen LogP contribution in [0.15, 0.2) is 29.9 Å². The average Bonchev–Trinajstić information content (AvgIpc) is 2.65. The van der Waals surface area contributed by atoms with E-state index in [4.69, 9.17) is 0 Å². The van der Waals surface area contributed by atoms with E-state index in [-0.39, 0.29) is 5.01 Å². The molecule has 2 nitrogen and oxygen atoms in total. The molecule has 2 aromatic heterocycles. The summed E-state index contributed by atoms with van der Waals surface area (Å²) in [6.45, 7) is 0. The third-order valence-electron chi connectivity index (χ3n) is 1.88. The Morgan fingerprint density at radius 1 is 1.19 bits per heavy atom. The molecule has 0 aliphatic heterocycles. The summed E-state index contributed by atoms with van der Waals surface area (Å²) in [6, 6.07) is 3.43. The van der Waals surface area contributed by atoms with E-state index in [1.807, 2.05) is 0 Å². The zero-order valence-corrected chi connectivity index (χ0v) is 8.85. The summed E-state index contributed by atoms with van der Waals surface area (Å²) in [6.07, 6.45) is -2.01. The zero-order chi connectivity index (χ0) is 11.6. The van der Waals surface area contributed by atoms with Crippen molar-refractivity contribution in [1.82, 2.24) is 9.97 Å². The first kappa shape index (κ1) is 11.1. The first-order valence-corrected chi connectivity index (χ1v) is 5.34. The zero-order valence-electron chi connectivity index (χ0n) is 8.03. The van der Waals surface area contributed by atoms with Crippen molar-refractivity contribution in [3.05, 3.63) is 34.9 Å². The van der Waals surface area contributed by atoms with Crippen molar-refractivity contribution < 1.29 is 13.2 Å². The van der Waals surface area contributed by atoms with Gasteiger partial charge in [-0.15, -0.1) is 11.3 Å². The Morgan fingerprint density at radius 2 is 1.88 bits per heavy atom. The normalized spacial score (nSPS) is 11.7. The van der Waals surface area contributed by atoms with Crippen molar-refractivity contribution in [2.24, 2.45) is 0 Å². The van der Waals surface area contributed by atoms with E-state index in [0.29, 0.717) is 5.69 Å². The molecule has 0 aliphatic carbocycles. The van der Waals surface area contributed by atoms with Gasteiger partial charge in [0.2, 0.25) is 0 Å². The lowest BCUT2D eigenvalue weighted by Gasteiger charge is -2.01. The minimum Gasteiger partial charge on any atom is -0.265 e. The third kappa shape index (κ3) is 2.79. The van der Waals surface area contributed by atoms with Gasteiger partial charge in [0.05, 0.1) is 12.1 Å². The van der Waals surface area contributed by atoms with Gasteiger partial charge in [0.1, 0.15) is 5.01 Å². The van der Waals surface area contributed by atoms with Crippen molar-refractivity contribution in [1.29, 1.82) is 0 Å². The number of hydrogen-bond donors (Lipinski definition) is 0. The van der Waals surface area contributed by atoms with Crippen LogP contribution in [0.4, 0.5) is 13.2 Å². The molecule has 0 saturated carbocycles. The second-order valence-corrected chi connectivity index (χ2v) is 4.10. The molecule has 0 fully saturated rings. The molecule has 2 aromatic rings. The maximum Gasteiger partial charge on any atom is 0.395 e. The number of pyridine rings is 1. The Balaban J connectivity index is 2.21. The summed E-state index contributed by atoms with van der Waals surface area (Å²) < 4.78 is 36.3. The van der Waals surface area contributed by atoms with Crippen LogP contribution in [0.5, 0.6) is 0 Å². The molecule has 0 N–H and O–H groups in total. The number of alkyl halides is 3. The van der Waals surface area contributed by atoms with E-state index < -0.39 is 12.6 Å². The molecule has 0 radical (unpaired) electrons. The molecule has 6 heteroatoms. The quantitative estimate of drug-likeness (QED) is 0.810. The molecule has 0 aromatic carbocycles. The van der Waals surface area contributed by atoms with E-state index >= 15 is 0 Å². The monoisotopic (exact) mass is 244 g/mol. The number of thiazole rings is 1. The summed E-state index contributed by atoms with van der Waals surface area (Å²) >= 11 is 1.02. The number of halogens is 3. The summed E-state index contributed by atoms with van der Waals surface area (Å²) in [7, 11) is 0. The fourth-order valence-corrected chi connectivity index (χ4v) is 2.05. The van der Waals surface area contributed by atoms with Crippen LogP contribution in [-0.4, -0.2) is 16.1 Å². The molecular formula is C10H7F3N2S. The lowest BCUT2D eigenvalue weighted by molar-refractivity contribution is -0.127. The Kier molecular flexibility index (Phi) is 2.91. The van der Waals surface area contributed by atoms with Gasteiger partial charge in [-0.1, -0.05) is 0 Å². The number of nitrogens with zero attached hydrogens (tertiary/aromatic N) is 2. The van der Waals surface area contributed by atoms with Crippen LogP contribution in [0.3, 0.4) is 0 Å². The molecule has 0 spiro atoms. The summed E-state index contributed by atoms with van der Waals surface area (Å²) in [5.41, 5.74) is 1.34. The van der Waals surface area contributed by atoms with Crippen LogP contribution in [0.1, 0.15) is 5.01 Å². The largest absolute Gasteiger partial charge is 0.395 e. The molecule has 0 unspecified atom stereocenters. The molecule has 0 saturated heterocycles. The van der Waals surface area contributed by atoms with Crippen LogP contribution in [0.25, 0.3) is 11.3 Å². The highest BCUT2D eigenvalue weighted by Crippen LogP contribution is 2.26. The van der Waals surface area contributed by atoms with Gasteiger partial charge in [0, 0.05) is 23.3 Å². The van der Waals surface area contributed by atoms with Crippen LogP contribution in [-0.2, 0) is 6.42 Å². The third-order valence-corrected chi connectivity index (χ3v) is 2.73. The molecule has 16 heavy (non-hydrogen) atoms. The van der Waals surface area contributed by atoms with Crippen molar-refractivity contribution in [3.8, 4) is 11.3 Å². The second kappa shape index (κ2) is 4.21. The molecule has 0 bridgehead atoms. The topological polar surface area (TPSA) is 25.8 Å². The van der Waals surface area contributed by atoms with Gasteiger partial charge in [-0.3, -0.25) is 4.98 Å². The maximum atomic E-state index is 12.1. The molecule has 0 aliphatic rings. The van der Waals surface area contributed by atoms with Crippen molar-refractivity contribution in [2.45, 2.75) is 12.6 Å². The van der Waals surface area contributed by atoms with E-state index in [1.165, 1.54) is 0 Å². The maximum absolute atomic E-state index is 12.1.